The van der Waals surface area contributed by atoms with Gasteiger partial charge in [-0.2, -0.15) is 0 Å². The van der Waals surface area contributed by atoms with Gasteiger partial charge in [-0.3, -0.25) is 4.90 Å². The highest BCUT2D eigenvalue weighted by Gasteiger charge is 2.25. The van der Waals surface area contributed by atoms with Gasteiger partial charge in [0.1, 0.15) is 17.4 Å². The van der Waals surface area contributed by atoms with Gasteiger partial charge in [-0.25, -0.2) is 0 Å². The minimum absolute atomic E-state index is 0.344. The first kappa shape index (κ1) is 17.9. The molecule has 3 rings (SSSR count). The van der Waals surface area contributed by atoms with E-state index in [0.29, 0.717) is 11.7 Å². The van der Waals surface area contributed by atoms with E-state index >= 15 is 0 Å². The molecule has 1 aliphatic heterocycles. The summed E-state index contributed by atoms with van der Waals surface area (Å²) in [6.45, 7) is 6.93. The molecule has 0 aliphatic carbocycles. The largest absolute Gasteiger partial charge is 0.508 e. The van der Waals surface area contributed by atoms with Crippen LogP contribution in [0, 0.1) is 0 Å². The van der Waals surface area contributed by atoms with E-state index in [9.17, 15) is 5.11 Å². The molecule has 0 spiro atoms. The Morgan fingerprint density at radius 3 is 2.60 bits per heavy atom. The van der Waals surface area contributed by atoms with E-state index in [4.69, 9.17) is 0 Å². The van der Waals surface area contributed by atoms with Crippen LogP contribution >= 0.6 is 0 Å². The molecule has 2 heterocycles. The van der Waals surface area contributed by atoms with Crippen molar-refractivity contribution in [2.24, 2.45) is 0 Å². The van der Waals surface area contributed by atoms with Crippen molar-refractivity contribution in [3.8, 4) is 5.75 Å². The van der Waals surface area contributed by atoms with E-state index in [1.54, 1.807) is 6.07 Å². The molecule has 0 amide bonds. The fraction of sp³-hybridized carbons (Fsp3) is 0.579. The molecule has 0 atom stereocenters. The van der Waals surface area contributed by atoms with E-state index in [-0.39, 0.29) is 0 Å². The second-order valence-electron chi connectivity index (χ2n) is 7.18. The molecule has 0 unspecified atom stereocenters. The number of aromatic nitrogens is 3. The molecule has 1 aromatic carbocycles. The monoisotopic (exact) mass is 343 g/mol. The molecule has 2 aromatic rings. The molecule has 0 bridgehead atoms. The van der Waals surface area contributed by atoms with Gasteiger partial charge < -0.3 is 14.6 Å². The van der Waals surface area contributed by atoms with Crippen molar-refractivity contribution >= 4 is 0 Å². The van der Waals surface area contributed by atoms with Crippen molar-refractivity contribution in [2.45, 2.75) is 45.3 Å². The maximum atomic E-state index is 9.62. The molecule has 6 nitrogen and oxygen atoms in total. The number of piperidine rings is 1. The first-order valence-corrected chi connectivity index (χ1v) is 9.13. The number of benzene rings is 1. The van der Waals surface area contributed by atoms with Gasteiger partial charge in [0.15, 0.2) is 0 Å². The summed E-state index contributed by atoms with van der Waals surface area (Å²) in [5.74, 6) is 3.04. The number of phenols is 1. The van der Waals surface area contributed by atoms with Crippen molar-refractivity contribution in [1.29, 1.82) is 0 Å². The Morgan fingerprint density at radius 2 is 1.96 bits per heavy atom. The third kappa shape index (κ3) is 4.38. The van der Waals surface area contributed by atoms with E-state index in [1.807, 2.05) is 12.1 Å². The highest BCUT2D eigenvalue weighted by Crippen LogP contribution is 2.28. The van der Waals surface area contributed by atoms with E-state index in [0.717, 1.165) is 57.2 Å². The molecule has 1 aromatic heterocycles. The van der Waals surface area contributed by atoms with Crippen LogP contribution in [0.4, 0.5) is 0 Å². The quantitative estimate of drug-likeness (QED) is 0.873. The number of rotatable bonds is 6. The molecule has 6 heteroatoms. The molecule has 1 aliphatic rings. The number of aromatic hydroxyl groups is 1. The fourth-order valence-electron chi connectivity index (χ4n) is 3.66. The normalized spacial score (nSPS) is 16.6. The Kier molecular flexibility index (Phi) is 5.71. The zero-order valence-electron chi connectivity index (χ0n) is 15.5. The third-order valence-corrected chi connectivity index (χ3v) is 4.90. The Balaban J connectivity index is 1.61. The standard InChI is InChI=1S/C19H29N5O/c1-4-24-18(14-22(2)3)20-21-19(24)16-8-10-23(11-9-16)13-15-6-5-7-17(25)12-15/h5-7,12,16,25H,4,8-11,13-14H2,1-3H3. The van der Waals surface area contributed by atoms with Crippen LogP contribution in [0.25, 0.3) is 0 Å². The van der Waals surface area contributed by atoms with Crippen LogP contribution < -0.4 is 0 Å². The summed E-state index contributed by atoms with van der Waals surface area (Å²) in [7, 11) is 4.13. The van der Waals surface area contributed by atoms with Gasteiger partial charge in [-0.05, 0) is 64.6 Å². The summed E-state index contributed by atoms with van der Waals surface area (Å²) in [5.41, 5.74) is 1.17. The van der Waals surface area contributed by atoms with Crippen LogP contribution in [0.5, 0.6) is 5.75 Å². The van der Waals surface area contributed by atoms with Crippen LogP contribution in [0.2, 0.25) is 0 Å². The first-order chi connectivity index (χ1) is 12.1. The Labute approximate surface area is 150 Å². The molecular weight excluding hydrogens is 314 g/mol. The molecule has 0 saturated carbocycles. The Morgan fingerprint density at radius 1 is 1.20 bits per heavy atom. The van der Waals surface area contributed by atoms with Crippen LogP contribution in [-0.4, -0.2) is 56.9 Å². The van der Waals surface area contributed by atoms with Crippen molar-refractivity contribution < 1.29 is 5.11 Å². The summed E-state index contributed by atoms with van der Waals surface area (Å²) >= 11 is 0. The zero-order valence-corrected chi connectivity index (χ0v) is 15.5. The van der Waals surface area contributed by atoms with Gasteiger partial charge in [0.25, 0.3) is 0 Å². The minimum atomic E-state index is 0.344. The summed E-state index contributed by atoms with van der Waals surface area (Å²) < 4.78 is 2.29. The number of nitrogens with zero attached hydrogens (tertiary/aromatic N) is 5. The van der Waals surface area contributed by atoms with Crippen molar-refractivity contribution in [2.75, 3.05) is 27.2 Å². The molecular formula is C19H29N5O. The van der Waals surface area contributed by atoms with Gasteiger partial charge in [0, 0.05) is 19.0 Å². The number of phenolic OH excluding ortho intramolecular Hbond substituents is 1. The van der Waals surface area contributed by atoms with Gasteiger partial charge in [-0.15, -0.1) is 10.2 Å². The predicted octanol–water partition coefficient (Wildman–Crippen LogP) is 2.44. The van der Waals surface area contributed by atoms with Crippen LogP contribution in [-0.2, 0) is 19.6 Å². The molecule has 1 saturated heterocycles. The summed E-state index contributed by atoms with van der Waals surface area (Å²) in [6, 6.07) is 7.56. The first-order valence-electron chi connectivity index (χ1n) is 9.13. The lowest BCUT2D eigenvalue weighted by Crippen LogP contribution is -2.33. The summed E-state index contributed by atoms with van der Waals surface area (Å²) in [4.78, 5) is 4.59. The average Bonchev–Trinajstić information content (AvgIpc) is 2.97. The fourth-order valence-corrected chi connectivity index (χ4v) is 3.66. The van der Waals surface area contributed by atoms with E-state index in [1.165, 1.54) is 5.56 Å². The van der Waals surface area contributed by atoms with Gasteiger partial charge in [0.2, 0.25) is 0 Å². The van der Waals surface area contributed by atoms with E-state index < -0.39 is 0 Å². The SMILES string of the molecule is CCn1c(CN(C)C)nnc1C1CCN(Cc2cccc(O)c2)CC1. The van der Waals surface area contributed by atoms with Crippen molar-refractivity contribution in [1.82, 2.24) is 24.6 Å². The molecule has 0 radical (unpaired) electrons. The van der Waals surface area contributed by atoms with Crippen LogP contribution in [0.3, 0.4) is 0 Å². The topological polar surface area (TPSA) is 57.4 Å². The smallest absolute Gasteiger partial charge is 0.147 e. The maximum Gasteiger partial charge on any atom is 0.147 e. The average molecular weight is 343 g/mol. The lowest BCUT2D eigenvalue weighted by molar-refractivity contribution is 0.199. The van der Waals surface area contributed by atoms with Crippen LogP contribution in [0.1, 0.15) is 42.9 Å². The second-order valence-corrected chi connectivity index (χ2v) is 7.18. The second kappa shape index (κ2) is 7.97. The van der Waals surface area contributed by atoms with Gasteiger partial charge in [0.05, 0.1) is 6.54 Å². The lowest BCUT2D eigenvalue weighted by Gasteiger charge is -2.31. The number of hydrogen-bond acceptors (Lipinski definition) is 5. The van der Waals surface area contributed by atoms with Crippen molar-refractivity contribution in [3.05, 3.63) is 41.5 Å². The number of hydrogen-bond donors (Lipinski definition) is 1. The highest BCUT2D eigenvalue weighted by atomic mass is 16.3. The highest BCUT2D eigenvalue weighted by molar-refractivity contribution is 5.27. The Bertz CT molecular complexity index is 689. The van der Waals surface area contributed by atoms with E-state index in [2.05, 4.69) is 51.6 Å². The molecule has 25 heavy (non-hydrogen) atoms. The molecule has 1 fully saturated rings. The van der Waals surface area contributed by atoms with Crippen molar-refractivity contribution in [3.63, 3.8) is 0 Å². The van der Waals surface area contributed by atoms with Crippen LogP contribution in [0.15, 0.2) is 24.3 Å². The van der Waals surface area contributed by atoms with Gasteiger partial charge in [-0.1, -0.05) is 12.1 Å². The number of likely N-dealkylation sites (tertiary alicyclic amines) is 1. The maximum absolute atomic E-state index is 9.62. The third-order valence-electron chi connectivity index (χ3n) is 4.90. The lowest BCUT2D eigenvalue weighted by atomic mass is 9.95. The van der Waals surface area contributed by atoms with Gasteiger partial charge >= 0.3 is 0 Å². The summed E-state index contributed by atoms with van der Waals surface area (Å²) in [6.07, 6.45) is 2.22. The predicted molar refractivity (Wildman–Crippen MR) is 98.4 cm³/mol. The molecule has 1 N–H and O–H groups in total. The zero-order chi connectivity index (χ0) is 17.8. The summed E-state index contributed by atoms with van der Waals surface area (Å²) in [5, 5.41) is 18.6. The molecule has 136 valence electrons. The minimum Gasteiger partial charge on any atom is -0.508 e. The Hall–Kier alpha value is -1.92.